The number of Topliss-reactive ketones (excluding diaryl/α,β-unsaturated/α-hetero) is 1. The van der Waals surface area contributed by atoms with Gasteiger partial charge in [0.1, 0.15) is 0 Å². The van der Waals surface area contributed by atoms with Crippen molar-refractivity contribution in [3.63, 3.8) is 0 Å². The molecule has 0 saturated heterocycles. The van der Waals surface area contributed by atoms with E-state index in [1.807, 2.05) is 25.1 Å². The van der Waals surface area contributed by atoms with Crippen LogP contribution in [-0.4, -0.2) is 18.9 Å². The highest BCUT2D eigenvalue weighted by Crippen LogP contribution is 2.29. The Hall–Kier alpha value is -1.64. The Morgan fingerprint density at radius 1 is 1.50 bits per heavy atom. The standard InChI is InChI=1S/C13H14O3/c1-8-3-4-9-6-10(7-12(14)16-2)13(15)11(9)5-8/h3-5,10H,6-7H2,1-2H3. The fourth-order valence-electron chi connectivity index (χ4n) is 2.13. The number of ketones is 1. The minimum atomic E-state index is -0.317. The minimum Gasteiger partial charge on any atom is -0.469 e. The molecule has 84 valence electrons. The molecule has 3 nitrogen and oxygen atoms in total. The molecule has 0 N–H and O–H groups in total. The molecular formula is C13H14O3. The number of fused-ring (bicyclic) bond motifs is 1. The molecule has 1 unspecified atom stereocenters. The first-order chi connectivity index (χ1) is 7.61. The monoisotopic (exact) mass is 218 g/mol. The van der Waals surface area contributed by atoms with Crippen LogP contribution in [0.5, 0.6) is 0 Å². The van der Waals surface area contributed by atoms with Crippen molar-refractivity contribution in [2.75, 3.05) is 7.11 Å². The van der Waals surface area contributed by atoms with Gasteiger partial charge in [-0.2, -0.15) is 0 Å². The van der Waals surface area contributed by atoms with Crippen molar-refractivity contribution in [2.24, 2.45) is 5.92 Å². The molecule has 0 saturated carbocycles. The van der Waals surface area contributed by atoms with Crippen molar-refractivity contribution in [2.45, 2.75) is 19.8 Å². The lowest BCUT2D eigenvalue weighted by Crippen LogP contribution is -2.15. The van der Waals surface area contributed by atoms with Gasteiger partial charge in [0.25, 0.3) is 0 Å². The molecule has 1 aliphatic rings. The molecule has 0 aromatic heterocycles. The number of aryl methyl sites for hydroxylation is 1. The molecule has 0 aliphatic heterocycles. The van der Waals surface area contributed by atoms with E-state index in [1.54, 1.807) is 0 Å². The maximum atomic E-state index is 12.0. The Kier molecular flexibility index (Phi) is 2.77. The summed E-state index contributed by atoms with van der Waals surface area (Å²) < 4.78 is 4.59. The number of methoxy groups -OCH3 is 1. The summed E-state index contributed by atoms with van der Waals surface area (Å²) in [6, 6.07) is 5.86. The Balaban J connectivity index is 2.21. The average Bonchev–Trinajstić information content (AvgIpc) is 2.56. The van der Waals surface area contributed by atoms with Gasteiger partial charge in [-0.05, 0) is 25.0 Å². The number of carbonyl (C=O) groups excluding carboxylic acids is 2. The van der Waals surface area contributed by atoms with Crippen molar-refractivity contribution >= 4 is 11.8 Å². The van der Waals surface area contributed by atoms with Gasteiger partial charge in [0.05, 0.1) is 13.5 Å². The predicted octanol–water partition coefficient (Wildman–Crippen LogP) is 1.91. The molecular weight excluding hydrogens is 204 g/mol. The molecule has 1 aromatic carbocycles. The van der Waals surface area contributed by atoms with Crippen LogP contribution in [0, 0.1) is 12.8 Å². The summed E-state index contributed by atoms with van der Waals surface area (Å²) in [7, 11) is 1.35. The third-order valence-corrected chi connectivity index (χ3v) is 3.01. The Labute approximate surface area is 94.4 Å². The molecule has 1 aromatic rings. The fraction of sp³-hybridized carbons (Fsp3) is 0.385. The number of benzene rings is 1. The van der Waals surface area contributed by atoms with Crippen LogP contribution in [0.2, 0.25) is 0 Å². The van der Waals surface area contributed by atoms with E-state index in [0.717, 1.165) is 16.7 Å². The molecule has 0 spiro atoms. The zero-order valence-corrected chi connectivity index (χ0v) is 9.45. The smallest absolute Gasteiger partial charge is 0.306 e. The number of hydrogen-bond acceptors (Lipinski definition) is 3. The topological polar surface area (TPSA) is 43.4 Å². The van der Waals surface area contributed by atoms with Crippen LogP contribution in [0.4, 0.5) is 0 Å². The van der Waals surface area contributed by atoms with E-state index in [2.05, 4.69) is 4.74 Å². The summed E-state index contributed by atoms with van der Waals surface area (Å²) in [5.41, 5.74) is 2.89. The Morgan fingerprint density at radius 3 is 2.94 bits per heavy atom. The van der Waals surface area contributed by atoms with E-state index in [9.17, 15) is 9.59 Å². The maximum absolute atomic E-state index is 12.0. The lowest BCUT2D eigenvalue weighted by Gasteiger charge is -2.04. The van der Waals surface area contributed by atoms with Crippen molar-refractivity contribution in [1.29, 1.82) is 0 Å². The molecule has 3 heteroatoms. The van der Waals surface area contributed by atoms with E-state index in [-0.39, 0.29) is 24.1 Å². The largest absolute Gasteiger partial charge is 0.469 e. The third kappa shape index (κ3) is 1.85. The molecule has 1 aliphatic carbocycles. The molecule has 0 bridgehead atoms. The highest BCUT2D eigenvalue weighted by Gasteiger charge is 2.32. The molecule has 0 radical (unpaired) electrons. The van der Waals surface area contributed by atoms with Gasteiger partial charge in [0, 0.05) is 11.5 Å². The molecule has 0 fully saturated rings. The Bertz CT molecular complexity index is 448. The number of carbonyl (C=O) groups is 2. The molecule has 2 rings (SSSR count). The first-order valence-electron chi connectivity index (χ1n) is 5.32. The Morgan fingerprint density at radius 2 is 2.25 bits per heavy atom. The molecule has 16 heavy (non-hydrogen) atoms. The van der Waals surface area contributed by atoms with Gasteiger partial charge in [-0.1, -0.05) is 17.7 Å². The zero-order valence-electron chi connectivity index (χ0n) is 9.45. The van der Waals surface area contributed by atoms with Crippen molar-refractivity contribution in [3.05, 3.63) is 34.9 Å². The van der Waals surface area contributed by atoms with Crippen LogP contribution in [0.1, 0.15) is 27.9 Å². The van der Waals surface area contributed by atoms with Crippen LogP contribution in [0.3, 0.4) is 0 Å². The minimum absolute atomic E-state index is 0.0732. The number of esters is 1. The summed E-state index contributed by atoms with van der Waals surface area (Å²) in [5.74, 6) is -0.476. The van der Waals surface area contributed by atoms with Gasteiger partial charge in [-0.15, -0.1) is 0 Å². The highest BCUT2D eigenvalue weighted by atomic mass is 16.5. The lowest BCUT2D eigenvalue weighted by atomic mass is 10.0. The van der Waals surface area contributed by atoms with E-state index < -0.39 is 0 Å². The second kappa shape index (κ2) is 4.08. The predicted molar refractivity (Wildman–Crippen MR) is 59.3 cm³/mol. The van der Waals surface area contributed by atoms with Gasteiger partial charge in [0.2, 0.25) is 0 Å². The van der Waals surface area contributed by atoms with Gasteiger partial charge in [0.15, 0.2) is 5.78 Å². The number of ether oxygens (including phenoxy) is 1. The van der Waals surface area contributed by atoms with Crippen LogP contribution in [0.25, 0.3) is 0 Å². The zero-order chi connectivity index (χ0) is 11.7. The van der Waals surface area contributed by atoms with Crippen molar-refractivity contribution < 1.29 is 14.3 Å². The third-order valence-electron chi connectivity index (χ3n) is 3.01. The maximum Gasteiger partial charge on any atom is 0.306 e. The second-order valence-corrected chi connectivity index (χ2v) is 4.21. The van der Waals surface area contributed by atoms with E-state index in [0.29, 0.717) is 6.42 Å². The number of rotatable bonds is 2. The van der Waals surface area contributed by atoms with E-state index >= 15 is 0 Å². The average molecular weight is 218 g/mol. The summed E-state index contributed by atoms with van der Waals surface area (Å²) in [5, 5.41) is 0. The quantitative estimate of drug-likeness (QED) is 0.712. The lowest BCUT2D eigenvalue weighted by molar-refractivity contribution is -0.141. The molecule has 0 heterocycles. The second-order valence-electron chi connectivity index (χ2n) is 4.21. The van der Waals surface area contributed by atoms with Crippen LogP contribution in [-0.2, 0) is 16.0 Å². The van der Waals surface area contributed by atoms with Crippen molar-refractivity contribution in [3.8, 4) is 0 Å². The summed E-state index contributed by atoms with van der Waals surface area (Å²) in [6.07, 6.45) is 0.840. The van der Waals surface area contributed by atoms with Gasteiger partial charge in [-0.3, -0.25) is 9.59 Å². The van der Waals surface area contributed by atoms with Crippen molar-refractivity contribution in [1.82, 2.24) is 0 Å². The van der Waals surface area contributed by atoms with Gasteiger partial charge in [-0.25, -0.2) is 0 Å². The summed E-state index contributed by atoms with van der Waals surface area (Å²) >= 11 is 0. The molecule has 0 amide bonds. The first kappa shape index (κ1) is 10.9. The van der Waals surface area contributed by atoms with Gasteiger partial charge >= 0.3 is 5.97 Å². The normalized spacial score (nSPS) is 18.4. The van der Waals surface area contributed by atoms with E-state index in [1.165, 1.54) is 7.11 Å². The van der Waals surface area contributed by atoms with Crippen LogP contribution < -0.4 is 0 Å². The SMILES string of the molecule is COC(=O)CC1Cc2ccc(C)cc2C1=O. The van der Waals surface area contributed by atoms with Crippen LogP contribution >= 0.6 is 0 Å². The van der Waals surface area contributed by atoms with E-state index in [4.69, 9.17) is 0 Å². The highest BCUT2D eigenvalue weighted by molar-refractivity contribution is 6.03. The summed E-state index contributed by atoms with van der Waals surface area (Å²) in [4.78, 5) is 23.1. The van der Waals surface area contributed by atoms with Gasteiger partial charge < -0.3 is 4.74 Å². The first-order valence-corrected chi connectivity index (χ1v) is 5.32. The summed E-state index contributed by atoms with van der Waals surface area (Å²) in [6.45, 7) is 1.96. The fourth-order valence-corrected chi connectivity index (χ4v) is 2.13. The molecule has 1 atom stereocenters. The van der Waals surface area contributed by atoms with Crippen LogP contribution in [0.15, 0.2) is 18.2 Å². The number of hydrogen-bond donors (Lipinski definition) is 0.